The Morgan fingerprint density at radius 2 is 1.76 bits per heavy atom. The number of ether oxygens (including phenoxy) is 1. The molecule has 134 valence electrons. The summed E-state index contributed by atoms with van der Waals surface area (Å²) in [5.41, 5.74) is 4.59. The molecular formula is C21H28N2O2. The van der Waals surface area contributed by atoms with Crippen LogP contribution in [-0.4, -0.2) is 49.8 Å². The number of para-hydroxylation sites is 2. The molecular weight excluding hydrogens is 312 g/mol. The van der Waals surface area contributed by atoms with E-state index in [0.717, 1.165) is 43.2 Å². The van der Waals surface area contributed by atoms with Gasteiger partial charge in [-0.3, -0.25) is 4.90 Å². The molecule has 0 amide bonds. The van der Waals surface area contributed by atoms with E-state index >= 15 is 0 Å². The van der Waals surface area contributed by atoms with Gasteiger partial charge < -0.3 is 14.7 Å². The van der Waals surface area contributed by atoms with E-state index in [9.17, 15) is 5.11 Å². The monoisotopic (exact) mass is 340 g/mol. The van der Waals surface area contributed by atoms with Crippen LogP contribution in [-0.2, 0) is 0 Å². The number of benzene rings is 2. The molecule has 0 aliphatic carbocycles. The zero-order chi connectivity index (χ0) is 17.8. The molecule has 1 saturated heterocycles. The van der Waals surface area contributed by atoms with Crippen molar-refractivity contribution in [2.75, 3.05) is 44.7 Å². The molecule has 1 heterocycles. The Morgan fingerprint density at radius 1 is 1.04 bits per heavy atom. The number of hydrogen-bond acceptors (Lipinski definition) is 4. The van der Waals surface area contributed by atoms with E-state index in [4.69, 9.17) is 4.74 Å². The highest BCUT2D eigenvalue weighted by molar-refractivity contribution is 5.58. The fraction of sp³-hybridized carbons (Fsp3) is 0.429. The average Bonchev–Trinajstić information content (AvgIpc) is 2.62. The van der Waals surface area contributed by atoms with Crippen LogP contribution >= 0.6 is 0 Å². The lowest BCUT2D eigenvalue weighted by Crippen LogP contribution is -2.47. The van der Waals surface area contributed by atoms with Crippen LogP contribution < -0.4 is 9.64 Å². The fourth-order valence-corrected chi connectivity index (χ4v) is 3.60. The van der Waals surface area contributed by atoms with Crippen LogP contribution in [0.4, 0.5) is 5.69 Å². The molecule has 2 aromatic rings. The van der Waals surface area contributed by atoms with Crippen molar-refractivity contribution < 1.29 is 9.84 Å². The van der Waals surface area contributed by atoms with Gasteiger partial charge in [0.05, 0.1) is 18.9 Å². The first-order valence-corrected chi connectivity index (χ1v) is 8.94. The van der Waals surface area contributed by atoms with Gasteiger partial charge in [-0.05, 0) is 37.1 Å². The van der Waals surface area contributed by atoms with E-state index in [2.05, 4.69) is 47.9 Å². The molecule has 0 saturated carbocycles. The summed E-state index contributed by atoms with van der Waals surface area (Å²) in [6, 6.07) is 14.4. The second-order valence-electron chi connectivity index (χ2n) is 6.84. The quantitative estimate of drug-likeness (QED) is 0.907. The minimum Gasteiger partial charge on any atom is -0.495 e. The van der Waals surface area contributed by atoms with Crippen molar-refractivity contribution in [2.45, 2.75) is 20.0 Å². The number of nitrogens with zero attached hydrogens (tertiary/aromatic N) is 2. The minimum absolute atomic E-state index is 0.432. The molecule has 0 aromatic heterocycles. The number of methoxy groups -OCH3 is 1. The largest absolute Gasteiger partial charge is 0.495 e. The van der Waals surface area contributed by atoms with Crippen LogP contribution in [0.15, 0.2) is 42.5 Å². The molecule has 1 N–H and O–H groups in total. The van der Waals surface area contributed by atoms with Gasteiger partial charge in [-0.15, -0.1) is 0 Å². The van der Waals surface area contributed by atoms with Gasteiger partial charge in [0.25, 0.3) is 0 Å². The number of aryl methyl sites for hydroxylation is 2. The van der Waals surface area contributed by atoms with Crippen molar-refractivity contribution in [3.8, 4) is 5.75 Å². The molecule has 0 spiro atoms. The van der Waals surface area contributed by atoms with E-state index in [1.165, 1.54) is 11.1 Å². The smallest absolute Gasteiger partial charge is 0.142 e. The van der Waals surface area contributed by atoms with Crippen LogP contribution in [0.2, 0.25) is 0 Å². The molecule has 1 fully saturated rings. The molecule has 3 rings (SSSR count). The highest BCUT2D eigenvalue weighted by atomic mass is 16.5. The van der Waals surface area contributed by atoms with Crippen LogP contribution in [0.25, 0.3) is 0 Å². The van der Waals surface area contributed by atoms with Crippen LogP contribution in [0.3, 0.4) is 0 Å². The molecule has 4 heteroatoms. The van der Waals surface area contributed by atoms with Crippen molar-refractivity contribution in [3.63, 3.8) is 0 Å². The molecule has 2 aromatic carbocycles. The first-order chi connectivity index (χ1) is 12.1. The number of aliphatic hydroxyl groups excluding tert-OH is 1. The predicted octanol–water partition coefficient (Wildman–Crippen LogP) is 3.17. The summed E-state index contributed by atoms with van der Waals surface area (Å²) in [4.78, 5) is 4.70. The van der Waals surface area contributed by atoms with Crippen molar-refractivity contribution in [3.05, 3.63) is 59.2 Å². The van der Waals surface area contributed by atoms with Gasteiger partial charge in [0, 0.05) is 32.7 Å². The maximum absolute atomic E-state index is 10.6. The van der Waals surface area contributed by atoms with Gasteiger partial charge in [0.15, 0.2) is 0 Å². The lowest BCUT2D eigenvalue weighted by molar-refractivity contribution is 0.109. The van der Waals surface area contributed by atoms with Crippen LogP contribution in [0.5, 0.6) is 5.75 Å². The first kappa shape index (κ1) is 17.8. The number of aliphatic hydroxyl groups is 1. The topological polar surface area (TPSA) is 35.9 Å². The average molecular weight is 340 g/mol. The Morgan fingerprint density at radius 3 is 2.44 bits per heavy atom. The first-order valence-electron chi connectivity index (χ1n) is 8.94. The molecule has 1 atom stereocenters. The lowest BCUT2D eigenvalue weighted by atomic mass is 10.0. The van der Waals surface area contributed by atoms with Crippen molar-refractivity contribution in [2.24, 2.45) is 0 Å². The normalized spacial score (nSPS) is 16.7. The minimum atomic E-state index is -0.432. The fourth-order valence-electron chi connectivity index (χ4n) is 3.60. The SMILES string of the molecule is COc1ccccc1N1CCN(C[C@H](O)c2ccc(C)cc2C)CC1. The number of β-amino-alcohol motifs (C(OH)–C–C–N with tert-alkyl or cyclic N) is 1. The van der Waals surface area contributed by atoms with E-state index < -0.39 is 6.10 Å². The Bertz CT molecular complexity index is 709. The van der Waals surface area contributed by atoms with Gasteiger partial charge in [-0.2, -0.15) is 0 Å². The maximum Gasteiger partial charge on any atom is 0.142 e. The molecule has 0 radical (unpaired) electrons. The highest BCUT2D eigenvalue weighted by Crippen LogP contribution is 2.28. The Balaban J connectivity index is 1.59. The highest BCUT2D eigenvalue weighted by Gasteiger charge is 2.22. The van der Waals surface area contributed by atoms with E-state index in [0.29, 0.717) is 6.54 Å². The third kappa shape index (κ3) is 4.14. The maximum atomic E-state index is 10.6. The van der Waals surface area contributed by atoms with Gasteiger partial charge in [0.2, 0.25) is 0 Å². The molecule has 0 unspecified atom stereocenters. The van der Waals surface area contributed by atoms with Crippen LogP contribution in [0.1, 0.15) is 22.8 Å². The van der Waals surface area contributed by atoms with E-state index in [1.54, 1.807) is 7.11 Å². The van der Waals surface area contributed by atoms with Crippen molar-refractivity contribution >= 4 is 5.69 Å². The molecule has 0 bridgehead atoms. The Kier molecular flexibility index (Phi) is 5.61. The summed E-state index contributed by atoms with van der Waals surface area (Å²) in [5.74, 6) is 0.922. The third-order valence-corrected chi connectivity index (χ3v) is 5.01. The second-order valence-corrected chi connectivity index (χ2v) is 6.84. The molecule has 25 heavy (non-hydrogen) atoms. The lowest BCUT2D eigenvalue weighted by Gasteiger charge is -2.37. The predicted molar refractivity (Wildman–Crippen MR) is 103 cm³/mol. The van der Waals surface area contributed by atoms with Crippen LogP contribution in [0, 0.1) is 13.8 Å². The second kappa shape index (κ2) is 7.89. The van der Waals surface area contributed by atoms with Gasteiger partial charge >= 0.3 is 0 Å². The Labute approximate surface area is 150 Å². The number of piperazine rings is 1. The summed E-state index contributed by atoms with van der Waals surface area (Å²) in [6.07, 6.45) is -0.432. The van der Waals surface area contributed by atoms with Crippen molar-refractivity contribution in [1.29, 1.82) is 0 Å². The van der Waals surface area contributed by atoms with E-state index in [1.807, 2.05) is 18.2 Å². The molecule has 1 aliphatic rings. The standard InChI is InChI=1S/C21H28N2O2/c1-16-8-9-18(17(2)14-16)20(24)15-22-10-12-23(13-11-22)19-6-4-5-7-21(19)25-3/h4-9,14,20,24H,10-13,15H2,1-3H3/t20-/m0/s1. The number of rotatable bonds is 5. The van der Waals surface area contributed by atoms with E-state index in [-0.39, 0.29) is 0 Å². The number of hydrogen-bond donors (Lipinski definition) is 1. The van der Waals surface area contributed by atoms with Crippen molar-refractivity contribution in [1.82, 2.24) is 4.90 Å². The summed E-state index contributed by atoms with van der Waals surface area (Å²) >= 11 is 0. The summed E-state index contributed by atoms with van der Waals surface area (Å²) in [7, 11) is 1.72. The number of anilines is 1. The third-order valence-electron chi connectivity index (χ3n) is 5.01. The molecule has 4 nitrogen and oxygen atoms in total. The molecule has 1 aliphatic heterocycles. The van der Waals surface area contributed by atoms with Gasteiger partial charge in [-0.1, -0.05) is 35.9 Å². The van der Waals surface area contributed by atoms with Gasteiger partial charge in [0.1, 0.15) is 5.75 Å². The summed E-state index contributed by atoms with van der Waals surface area (Å²) in [6.45, 7) is 8.62. The zero-order valence-electron chi connectivity index (χ0n) is 15.4. The summed E-state index contributed by atoms with van der Waals surface area (Å²) in [5, 5.41) is 10.6. The van der Waals surface area contributed by atoms with Gasteiger partial charge in [-0.25, -0.2) is 0 Å². The Hall–Kier alpha value is -2.04. The summed E-state index contributed by atoms with van der Waals surface area (Å²) < 4.78 is 5.48. The zero-order valence-corrected chi connectivity index (χ0v) is 15.4.